The highest BCUT2D eigenvalue weighted by atomic mass is 79.9. The van der Waals surface area contributed by atoms with Gasteiger partial charge in [0.2, 0.25) is 0 Å². The van der Waals surface area contributed by atoms with E-state index in [1.165, 1.54) is 0 Å². The third-order valence-corrected chi connectivity index (χ3v) is 3.10. The van der Waals surface area contributed by atoms with Crippen LogP contribution in [0, 0.1) is 0 Å². The Balaban J connectivity index is 2.22. The maximum Gasteiger partial charge on any atom is 0.0809 e. The fraction of sp³-hybridized carbons (Fsp3) is 0.333. The molecule has 1 aromatic carbocycles. The number of para-hydroxylation sites is 1. The molecule has 0 amide bonds. The van der Waals surface area contributed by atoms with Crippen molar-refractivity contribution in [1.29, 1.82) is 0 Å². The lowest BCUT2D eigenvalue weighted by Crippen LogP contribution is -2.16. The van der Waals surface area contributed by atoms with E-state index in [1.54, 1.807) is 6.20 Å². The predicted molar refractivity (Wildman–Crippen MR) is 71.1 cm³/mol. The molecule has 0 saturated carbocycles. The highest BCUT2D eigenvalue weighted by Crippen LogP contribution is 2.20. The van der Waals surface area contributed by atoms with E-state index < -0.39 is 0 Å². The minimum atomic E-state index is 0.780. The third-order valence-electron chi connectivity index (χ3n) is 2.43. The van der Waals surface area contributed by atoms with Crippen LogP contribution in [-0.2, 0) is 6.54 Å². The lowest BCUT2D eigenvalue weighted by Gasteiger charge is -2.08. The highest BCUT2D eigenvalue weighted by molar-refractivity contribution is 9.10. The van der Waals surface area contributed by atoms with Gasteiger partial charge in [0.25, 0.3) is 0 Å². The second kappa shape index (κ2) is 5.93. The molecule has 4 nitrogen and oxygen atoms in total. The Labute approximate surface area is 109 Å². The first-order chi connectivity index (χ1) is 8.33. The van der Waals surface area contributed by atoms with Gasteiger partial charge < -0.3 is 5.32 Å². The minimum Gasteiger partial charge on any atom is -0.311 e. The molecule has 0 radical (unpaired) electrons. The van der Waals surface area contributed by atoms with Gasteiger partial charge in [-0.1, -0.05) is 24.3 Å². The topological polar surface area (TPSA) is 42.7 Å². The summed E-state index contributed by atoms with van der Waals surface area (Å²) in [7, 11) is 0. The molecular formula is C12H15BrN4. The molecule has 0 fully saturated rings. The number of aromatic nitrogens is 3. The molecule has 90 valence electrons. The number of rotatable bonds is 5. The molecular weight excluding hydrogens is 280 g/mol. The lowest BCUT2D eigenvalue weighted by atomic mass is 10.3. The number of hydrogen-bond donors (Lipinski definition) is 1. The molecule has 2 rings (SSSR count). The molecule has 0 atom stereocenters. The number of hydrogen-bond acceptors (Lipinski definition) is 3. The van der Waals surface area contributed by atoms with E-state index in [1.807, 2.05) is 28.9 Å². The summed E-state index contributed by atoms with van der Waals surface area (Å²) in [6.07, 6.45) is 2.92. The average molecular weight is 295 g/mol. The van der Waals surface area contributed by atoms with Crippen LogP contribution in [-0.4, -0.2) is 21.5 Å². The van der Waals surface area contributed by atoms with Crippen LogP contribution in [0.25, 0.3) is 5.69 Å². The van der Waals surface area contributed by atoms with Crippen molar-refractivity contribution in [2.75, 3.05) is 6.54 Å². The molecule has 17 heavy (non-hydrogen) atoms. The van der Waals surface area contributed by atoms with Crippen molar-refractivity contribution in [3.05, 3.63) is 40.6 Å². The van der Waals surface area contributed by atoms with Crippen LogP contribution in [0.4, 0.5) is 0 Å². The maximum atomic E-state index is 4.12. The van der Waals surface area contributed by atoms with Crippen molar-refractivity contribution in [1.82, 2.24) is 20.3 Å². The van der Waals surface area contributed by atoms with Crippen LogP contribution in [0.1, 0.15) is 19.0 Å². The number of nitrogens with zero attached hydrogens (tertiary/aromatic N) is 3. The van der Waals surface area contributed by atoms with Gasteiger partial charge in [-0.15, -0.1) is 5.10 Å². The van der Waals surface area contributed by atoms with Gasteiger partial charge in [0.1, 0.15) is 0 Å². The van der Waals surface area contributed by atoms with Gasteiger partial charge in [0.05, 0.1) is 17.6 Å². The molecule has 0 aliphatic carbocycles. The van der Waals surface area contributed by atoms with Crippen molar-refractivity contribution in [2.45, 2.75) is 19.9 Å². The Morgan fingerprint density at radius 1 is 1.35 bits per heavy atom. The van der Waals surface area contributed by atoms with Crippen molar-refractivity contribution < 1.29 is 0 Å². The quantitative estimate of drug-likeness (QED) is 0.862. The molecule has 0 bridgehead atoms. The smallest absolute Gasteiger partial charge is 0.0809 e. The van der Waals surface area contributed by atoms with E-state index in [0.717, 1.165) is 35.4 Å². The summed E-state index contributed by atoms with van der Waals surface area (Å²) >= 11 is 3.52. The van der Waals surface area contributed by atoms with Gasteiger partial charge in [-0.3, -0.25) is 0 Å². The molecule has 5 heteroatoms. The minimum absolute atomic E-state index is 0.780. The van der Waals surface area contributed by atoms with E-state index in [-0.39, 0.29) is 0 Å². The average Bonchev–Trinajstić information content (AvgIpc) is 2.78. The Morgan fingerprint density at radius 2 is 2.18 bits per heavy atom. The van der Waals surface area contributed by atoms with Crippen LogP contribution >= 0.6 is 15.9 Å². The van der Waals surface area contributed by atoms with Gasteiger partial charge in [-0.05, 0) is 41.0 Å². The highest BCUT2D eigenvalue weighted by Gasteiger charge is 2.08. The lowest BCUT2D eigenvalue weighted by molar-refractivity contribution is 0.640. The van der Waals surface area contributed by atoms with Gasteiger partial charge in [0.15, 0.2) is 0 Å². The summed E-state index contributed by atoms with van der Waals surface area (Å²) in [6.45, 7) is 3.93. The molecule has 1 N–H and O–H groups in total. The maximum absolute atomic E-state index is 4.12. The number of halogens is 1. The monoisotopic (exact) mass is 294 g/mol. The van der Waals surface area contributed by atoms with Crippen molar-refractivity contribution in [2.24, 2.45) is 0 Å². The van der Waals surface area contributed by atoms with E-state index in [0.29, 0.717) is 0 Å². The summed E-state index contributed by atoms with van der Waals surface area (Å²) in [4.78, 5) is 0. The number of benzene rings is 1. The Hall–Kier alpha value is -1.20. The summed E-state index contributed by atoms with van der Waals surface area (Å²) in [5.41, 5.74) is 2.07. The third kappa shape index (κ3) is 2.92. The van der Waals surface area contributed by atoms with E-state index in [4.69, 9.17) is 0 Å². The first kappa shape index (κ1) is 12.3. The summed E-state index contributed by atoms with van der Waals surface area (Å²) < 4.78 is 2.87. The molecule has 2 aromatic rings. The molecule has 0 aliphatic rings. The van der Waals surface area contributed by atoms with Crippen LogP contribution in [0.3, 0.4) is 0 Å². The van der Waals surface area contributed by atoms with Crippen LogP contribution in [0.15, 0.2) is 34.9 Å². The van der Waals surface area contributed by atoms with Gasteiger partial charge in [0, 0.05) is 11.0 Å². The molecule has 0 spiro atoms. The van der Waals surface area contributed by atoms with Crippen LogP contribution < -0.4 is 5.32 Å². The summed E-state index contributed by atoms with van der Waals surface area (Å²) in [5, 5.41) is 11.4. The normalized spacial score (nSPS) is 10.7. The molecule has 1 heterocycles. The summed E-state index contributed by atoms with van der Waals surface area (Å²) in [6, 6.07) is 7.99. The van der Waals surface area contributed by atoms with E-state index in [9.17, 15) is 0 Å². The molecule has 1 aromatic heterocycles. The predicted octanol–water partition coefficient (Wildman–Crippen LogP) is 2.53. The Morgan fingerprint density at radius 3 is 2.94 bits per heavy atom. The Bertz CT molecular complexity index is 481. The van der Waals surface area contributed by atoms with E-state index in [2.05, 4.69) is 38.5 Å². The van der Waals surface area contributed by atoms with Gasteiger partial charge in [-0.2, -0.15) is 0 Å². The van der Waals surface area contributed by atoms with Gasteiger partial charge >= 0.3 is 0 Å². The Kier molecular flexibility index (Phi) is 4.28. The fourth-order valence-corrected chi connectivity index (χ4v) is 2.05. The fourth-order valence-electron chi connectivity index (χ4n) is 1.60. The first-order valence-corrected chi connectivity index (χ1v) is 6.47. The standard InChI is InChI=1S/C12H15BrN4/c1-2-7-14-8-10-9-15-16-17(10)12-6-4-3-5-11(12)13/h3-6,9,14H,2,7-8H2,1H3. The SMILES string of the molecule is CCCNCc1cnnn1-c1ccccc1Br. The largest absolute Gasteiger partial charge is 0.311 e. The van der Waals surface area contributed by atoms with Crippen LogP contribution in [0.2, 0.25) is 0 Å². The zero-order chi connectivity index (χ0) is 12.1. The zero-order valence-electron chi connectivity index (χ0n) is 9.73. The van der Waals surface area contributed by atoms with Crippen LogP contribution in [0.5, 0.6) is 0 Å². The second-order valence-corrected chi connectivity index (χ2v) is 4.62. The molecule has 0 unspecified atom stereocenters. The van der Waals surface area contributed by atoms with Crippen molar-refractivity contribution >= 4 is 15.9 Å². The van der Waals surface area contributed by atoms with E-state index >= 15 is 0 Å². The molecule has 0 aliphatic heterocycles. The zero-order valence-corrected chi connectivity index (χ0v) is 11.3. The summed E-state index contributed by atoms with van der Waals surface area (Å²) in [5.74, 6) is 0. The molecule has 0 saturated heterocycles. The number of nitrogens with one attached hydrogen (secondary N) is 1. The second-order valence-electron chi connectivity index (χ2n) is 3.77. The first-order valence-electron chi connectivity index (χ1n) is 5.68. The van der Waals surface area contributed by atoms with Crippen molar-refractivity contribution in [3.8, 4) is 5.69 Å². The van der Waals surface area contributed by atoms with Crippen molar-refractivity contribution in [3.63, 3.8) is 0 Å². The van der Waals surface area contributed by atoms with Gasteiger partial charge in [-0.25, -0.2) is 4.68 Å².